The molecule has 0 amide bonds. The van der Waals surface area contributed by atoms with Crippen LogP contribution in [0.2, 0.25) is 5.15 Å². The van der Waals surface area contributed by atoms with E-state index in [1.807, 2.05) is 20.8 Å². The molecule has 1 unspecified atom stereocenters. The lowest BCUT2D eigenvalue weighted by atomic mass is 9.95. The van der Waals surface area contributed by atoms with Crippen LogP contribution >= 0.6 is 11.6 Å². The van der Waals surface area contributed by atoms with Crippen LogP contribution in [0.4, 0.5) is 5.82 Å². The maximum Gasteiger partial charge on any atom is 0.216 e. The number of hydrogen-bond acceptors (Lipinski definition) is 5. The summed E-state index contributed by atoms with van der Waals surface area (Å²) in [6.07, 6.45) is 1.70. The molecule has 0 saturated heterocycles. The Morgan fingerprint density at radius 1 is 1.24 bits per heavy atom. The van der Waals surface area contributed by atoms with Crippen LogP contribution in [0.25, 0.3) is 0 Å². The Bertz CT molecular complexity index is 646. The van der Waals surface area contributed by atoms with Crippen LogP contribution in [0.15, 0.2) is 10.6 Å². The molecule has 0 aliphatic heterocycles. The topological polar surface area (TPSA) is 63.8 Å². The van der Waals surface area contributed by atoms with Crippen molar-refractivity contribution in [1.29, 1.82) is 0 Å². The second-order valence-electron chi connectivity index (χ2n) is 6.24. The fraction of sp³-hybridized carbons (Fsp3) is 0.533. The summed E-state index contributed by atoms with van der Waals surface area (Å²) < 4.78 is 5.54. The standard InChI is InChI=1S/C15H21ClN4O/c1-8-7-17-13(21-8)10(3)18-12-9(2)11(16)19-14(20-12)15(4,5)6/h7,10H,1-6H3,(H,18,19,20). The maximum atomic E-state index is 6.23. The van der Waals surface area contributed by atoms with E-state index >= 15 is 0 Å². The second kappa shape index (κ2) is 5.64. The third-order valence-electron chi connectivity index (χ3n) is 3.12. The first kappa shape index (κ1) is 15.8. The molecule has 1 atom stereocenters. The molecule has 2 rings (SSSR count). The molecule has 2 aromatic rings. The zero-order valence-electron chi connectivity index (χ0n) is 13.3. The predicted octanol–water partition coefficient (Wildman–Crippen LogP) is 4.21. The highest BCUT2D eigenvalue weighted by atomic mass is 35.5. The van der Waals surface area contributed by atoms with Crippen molar-refractivity contribution in [2.45, 2.75) is 53.0 Å². The average Bonchev–Trinajstić information content (AvgIpc) is 2.80. The first-order chi connectivity index (χ1) is 9.68. The lowest BCUT2D eigenvalue weighted by Gasteiger charge is -2.20. The normalized spacial score (nSPS) is 13.3. The van der Waals surface area contributed by atoms with Gasteiger partial charge >= 0.3 is 0 Å². The third-order valence-corrected chi connectivity index (χ3v) is 3.49. The van der Waals surface area contributed by atoms with E-state index in [9.17, 15) is 0 Å². The van der Waals surface area contributed by atoms with E-state index in [-0.39, 0.29) is 11.5 Å². The number of oxazole rings is 1. The van der Waals surface area contributed by atoms with Crippen LogP contribution in [-0.4, -0.2) is 15.0 Å². The van der Waals surface area contributed by atoms with Gasteiger partial charge < -0.3 is 9.73 Å². The summed E-state index contributed by atoms with van der Waals surface area (Å²) in [6.45, 7) is 11.9. The third kappa shape index (κ3) is 3.53. The molecule has 21 heavy (non-hydrogen) atoms. The number of nitrogens with zero attached hydrogens (tertiary/aromatic N) is 3. The average molecular weight is 309 g/mol. The first-order valence-electron chi connectivity index (χ1n) is 6.92. The predicted molar refractivity (Wildman–Crippen MR) is 83.8 cm³/mol. The summed E-state index contributed by atoms with van der Waals surface area (Å²) in [5.41, 5.74) is 0.649. The zero-order chi connectivity index (χ0) is 15.8. The van der Waals surface area contributed by atoms with E-state index in [0.717, 1.165) is 11.3 Å². The van der Waals surface area contributed by atoms with E-state index in [4.69, 9.17) is 16.0 Å². The van der Waals surface area contributed by atoms with Gasteiger partial charge in [0.2, 0.25) is 5.89 Å². The van der Waals surface area contributed by atoms with Gasteiger partial charge in [-0.2, -0.15) is 0 Å². The highest BCUT2D eigenvalue weighted by Crippen LogP contribution is 2.28. The van der Waals surface area contributed by atoms with E-state index in [2.05, 4.69) is 41.0 Å². The van der Waals surface area contributed by atoms with Gasteiger partial charge in [-0.25, -0.2) is 15.0 Å². The minimum atomic E-state index is -0.170. The molecule has 0 aliphatic rings. The van der Waals surface area contributed by atoms with Crippen molar-refractivity contribution in [3.05, 3.63) is 34.4 Å². The molecule has 2 heterocycles. The number of halogens is 1. The molecule has 5 nitrogen and oxygen atoms in total. The van der Waals surface area contributed by atoms with Crippen LogP contribution < -0.4 is 5.32 Å². The lowest BCUT2D eigenvalue weighted by molar-refractivity contribution is 0.453. The number of hydrogen-bond donors (Lipinski definition) is 1. The first-order valence-corrected chi connectivity index (χ1v) is 7.29. The quantitative estimate of drug-likeness (QED) is 0.861. The van der Waals surface area contributed by atoms with Crippen molar-refractivity contribution in [2.75, 3.05) is 5.32 Å². The minimum absolute atomic E-state index is 0.101. The number of anilines is 1. The van der Waals surface area contributed by atoms with Gasteiger partial charge in [0.25, 0.3) is 0 Å². The van der Waals surface area contributed by atoms with E-state index in [1.165, 1.54) is 0 Å². The van der Waals surface area contributed by atoms with Crippen molar-refractivity contribution in [3.63, 3.8) is 0 Å². The summed E-state index contributed by atoms with van der Waals surface area (Å²) >= 11 is 6.23. The van der Waals surface area contributed by atoms with Crippen molar-refractivity contribution in [3.8, 4) is 0 Å². The summed E-state index contributed by atoms with van der Waals surface area (Å²) in [4.78, 5) is 13.2. The number of aromatic nitrogens is 3. The fourth-order valence-corrected chi connectivity index (χ4v) is 1.97. The van der Waals surface area contributed by atoms with Gasteiger partial charge in [-0.1, -0.05) is 32.4 Å². The van der Waals surface area contributed by atoms with Gasteiger partial charge in [-0.3, -0.25) is 0 Å². The fourth-order valence-electron chi connectivity index (χ4n) is 1.80. The molecule has 0 saturated carbocycles. The van der Waals surface area contributed by atoms with Gasteiger partial charge in [0.1, 0.15) is 28.6 Å². The molecule has 2 aromatic heterocycles. The minimum Gasteiger partial charge on any atom is -0.444 e. The van der Waals surface area contributed by atoms with Gasteiger partial charge in [0.05, 0.1) is 6.20 Å². The van der Waals surface area contributed by atoms with Crippen LogP contribution in [0, 0.1) is 13.8 Å². The smallest absolute Gasteiger partial charge is 0.216 e. The Labute approximate surface area is 130 Å². The Balaban J connectivity index is 2.33. The maximum absolute atomic E-state index is 6.23. The molecule has 0 fully saturated rings. The molecule has 0 bridgehead atoms. The Morgan fingerprint density at radius 3 is 2.43 bits per heavy atom. The Kier molecular flexibility index (Phi) is 4.23. The summed E-state index contributed by atoms with van der Waals surface area (Å²) in [6, 6.07) is -0.101. The Hall–Kier alpha value is -1.62. The SMILES string of the molecule is Cc1cnc(C(C)Nc2nc(C(C)(C)C)nc(Cl)c2C)o1. The van der Waals surface area contributed by atoms with Crippen molar-refractivity contribution < 1.29 is 4.42 Å². The highest BCUT2D eigenvalue weighted by Gasteiger charge is 2.22. The molecule has 0 radical (unpaired) electrons. The molecular formula is C15H21ClN4O. The highest BCUT2D eigenvalue weighted by molar-refractivity contribution is 6.30. The molecular weight excluding hydrogens is 288 g/mol. The molecule has 0 aromatic carbocycles. The van der Waals surface area contributed by atoms with Crippen LogP contribution in [0.1, 0.15) is 56.8 Å². The molecule has 1 N–H and O–H groups in total. The number of nitrogens with one attached hydrogen (secondary N) is 1. The van der Waals surface area contributed by atoms with E-state index in [1.54, 1.807) is 6.20 Å². The van der Waals surface area contributed by atoms with Crippen molar-refractivity contribution in [2.24, 2.45) is 0 Å². The number of aryl methyl sites for hydroxylation is 1. The molecule has 0 spiro atoms. The van der Waals surface area contributed by atoms with Crippen molar-refractivity contribution >= 4 is 17.4 Å². The van der Waals surface area contributed by atoms with Crippen molar-refractivity contribution in [1.82, 2.24) is 15.0 Å². The largest absolute Gasteiger partial charge is 0.444 e. The van der Waals surface area contributed by atoms with Crippen LogP contribution in [-0.2, 0) is 5.41 Å². The van der Waals surface area contributed by atoms with E-state index < -0.39 is 0 Å². The second-order valence-corrected chi connectivity index (χ2v) is 6.59. The van der Waals surface area contributed by atoms with Gasteiger partial charge in [-0.05, 0) is 20.8 Å². The van der Waals surface area contributed by atoms with E-state index in [0.29, 0.717) is 22.7 Å². The zero-order valence-corrected chi connectivity index (χ0v) is 14.0. The Morgan fingerprint density at radius 2 is 1.90 bits per heavy atom. The van der Waals surface area contributed by atoms with Gasteiger partial charge in [-0.15, -0.1) is 0 Å². The number of rotatable bonds is 3. The van der Waals surface area contributed by atoms with Gasteiger partial charge in [0, 0.05) is 11.0 Å². The molecule has 6 heteroatoms. The van der Waals surface area contributed by atoms with Crippen LogP contribution in [0.5, 0.6) is 0 Å². The van der Waals surface area contributed by atoms with Gasteiger partial charge in [0.15, 0.2) is 0 Å². The molecule has 0 aliphatic carbocycles. The summed E-state index contributed by atoms with van der Waals surface area (Å²) in [5.74, 6) is 2.82. The monoisotopic (exact) mass is 308 g/mol. The lowest BCUT2D eigenvalue weighted by Crippen LogP contribution is -2.19. The van der Waals surface area contributed by atoms with Crippen LogP contribution in [0.3, 0.4) is 0 Å². The summed E-state index contributed by atoms with van der Waals surface area (Å²) in [5, 5.41) is 3.77. The molecule has 114 valence electrons. The summed E-state index contributed by atoms with van der Waals surface area (Å²) in [7, 11) is 0.